The van der Waals surface area contributed by atoms with E-state index in [4.69, 9.17) is 4.52 Å². The zero-order chi connectivity index (χ0) is 25.2. The van der Waals surface area contributed by atoms with E-state index in [1.54, 1.807) is 12.4 Å². The number of carbonyl (C=O) groups excluding carboxylic acids is 1. The highest BCUT2D eigenvalue weighted by Crippen LogP contribution is 2.29. The van der Waals surface area contributed by atoms with Crippen molar-refractivity contribution >= 4 is 17.5 Å². The number of rotatable bonds is 8. The maximum atomic E-state index is 13.3. The molecule has 0 saturated carbocycles. The van der Waals surface area contributed by atoms with Gasteiger partial charge in [0.2, 0.25) is 0 Å². The SMILES string of the molecule is CCc1ccc(-n2c(SCC(=O)c3cc(C)n(-c4cc(C)on4)c3C)nnc2-c2ccncc2)cc1. The molecule has 0 unspecified atom stereocenters. The van der Waals surface area contributed by atoms with Crippen molar-refractivity contribution in [2.45, 2.75) is 39.3 Å². The Balaban J connectivity index is 1.45. The topological polar surface area (TPSA) is 91.6 Å². The van der Waals surface area contributed by atoms with Crippen LogP contribution in [0, 0.1) is 20.8 Å². The van der Waals surface area contributed by atoms with Crippen molar-refractivity contribution in [3.05, 3.63) is 89.2 Å². The number of carbonyl (C=O) groups is 1. The van der Waals surface area contributed by atoms with Gasteiger partial charge in [0.15, 0.2) is 22.6 Å². The van der Waals surface area contributed by atoms with E-state index in [1.165, 1.54) is 17.3 Å². The van der Waals surface area contributed by atoms with E-state index in [0.29, 0.717) is 22.4 Å². The maximum Gasteiger partial charge on any atom is 0.196 e. The largest absolute Gasteiger partial charge is 0.360 e. The Morgan fingerprint density at radius 1 is 0.972 bits per heavy atom. The van der Waals surface area contributed by atoms with Gasteiger partial charge in [0.05, 0.1) is 5.75 Å². The highest BCUT2D eigenvalue weighted by atomic mass is 32.2. The number of benzene rings is 1. The predicted molar refractivity (Wildman–Crippen MR) is 139 cm³/mol. The Morgan fingerprint density at radius 2 is 1.72 bits per heavy atom. The van der Waals surface area contributed by atoms with Gasteiger partial charge < -0.3 is 4.52 Å². The van der Waals surface area contributed by atoms with Crippen LogP contribution in [0.3, 0.4) is 0 Å². The normalized spacial score (nSPS) is 11.2. The predicted octanol–water partition coefficient (Wildman–Crippen LogP) is 5.57. The molecule has 5 rings (SSSR count). The first-order valence-corrected chi connectivity index (χ1v) is 12.7. The Hall–Kier alpha value is -3.98. The second kappa shape index (κ2) is 9.94. The van der Waals surface area contributed by atoms with E-state index in [1.807, 2.05) is 54.2 Å². The van der Waals surface area contributed by atoms with Crippen LogP contribution in [0.4, 0.5) is 0 Å². The van der Waals surface area contributed by atoms with Crippen LogP contribution in [0.25, 0.3) is 22.9 Å². The van der Waals surface area contributed by atoms with Crippen molar-refractivity contribution in [3.8, 4) is 22.9 Å². The summed E-state index contributed by atoms with van der Waals surface area (Å²) in [6.07, 6.45) is 4.43. The summed E-state index contributed by atoms with van der Waals surface area (Å²) in [6, 6.07) is 15.9. The van der Waals surface area contributed by atoms with E-state index in [9.17, 15) is 4.79 Å². The van der Waals surface area contributed by atoms with Crippen LogP contribution in [-0.4, -0.2) is 41.0 Å². The number of aryl methyl sites for hydroxylation is 3. The second-order valence-electron chi connectivity index (χ2n) is 8.53. The van der Waals surface area contributed by atoms with Crippen LogP contribution in [0.2, 0.25) is 0 Å². The van der Waals surface area contributed by atoms with Gasteiger partial charge >= 0.3 is 0 Å². The third-order valence-electron chi connectivity index (χ3n) is 6.08. The third-order valence-corrected chi connectivity index (χ3v) is 7.01. The van der Waals surface area contributed by atoms with Gasteiger partial charge in [0, 0.05) is 46.7 Å². The van der Waals surface area contributed by atoms with Crippen LogP contribution in [0.5, 0.6) is 0 Å². The first-order chi connectivity index (χ1) is 17.5. The molecular formula is C27H26N6O2S. The zero-order valence-electron chi connectivity index (χ0n) is 20.6. The van der Waals surface area contributed by atoms with E-state index in [0.717, 1.165) is 34.8 Å². The second-order valence-corrected chi connectivity index (χ2v) is 9.47. The fraction of sp³-hybridized carbons (Fsp3) is 0.222. The first-order valence-electron chi connectivity index (χ1n) is 11.7. The van der Waals surface area contributed by atoms with Gasteiger partial charge in [-0.2, -0.15) is 0 Å². The summed E-state index contributed by atoms with van der Waals surface area (Å²) in [5, 5.41) is 13.7. The smallest absolute Gasteiger partial charge is 0.196 e. The summed E-state index contributed by atoms with van der Waals surface area (Å²) < 4.78 is 9.16. The molecule has 0 aliphatic carbocycles. The molecule has 0 N–H and O–H groups in total. The molecule has 4 aromatic heterocycles. The fourth-order valence-electron chi connectivity index (χ4n) is 4.23. The molecule has 0 radical (unpaired) electrons. The van der Waals surface area contributed by atoms with Crippen LogP contribution in [0.15, 0.2) is 70.6 Å². The molecule has 0 aliphatic heterocycles. The van der Waals surface area contributed by atoms with Crippen molar-refractivity contribution in [3.63, 3.8) is 0 Å². The Morgan fingerprint density at radius 3 is 2.39 bits per heavy atom. The standard InChI is InChI=1S/C27H26N6O2S/c1-5-20-6-8-22(9-7-20)33-26(21-10-12-28-13-11-21)29-30-27(33)36-16-24(34)23-14-17(2)32(19(23)4)25-15-18(3)35-31-25/h6-15H,5,16H2,1-4H3. The minimum Gasteiger partial charge on any atom is -0.360 e. The molecule has 4 heterocycles. The summed E-state index contributed by atoms with van der Waals surface area (Å²) in [6.45, 7) is 7.86. The lowest BCUT2D eigenvalue weighted by Gasteiger charge is -2.11. The number of hydrogen-bond acceptors (Lipinski definition) is 7. The molecule has 0 fully saturated rings. The minimum absolute atomic E-state index is 0.0147. The average molecular weight is 499 g/mol. The van der Waals surface area contributed by atoms with Gasteiger partial charge in [0.1, 0.15) is 5.76 Å². The summed E-state index contributed by atoms with van der Waals surface area (Å²) in [5.74, 6) is 2.34. The molecule has 1 aromatic carbocycles. The summed E-state index contributed by atoms with van der Waals surface area (Å²) in [5.41, 5.74) is 5.52. The van der Waals surface area contributed by atoms with Crippen molar-refractivity contribution in [2.24, 2.45) is 0 Å². The van der Waals surface area contributed by atoms with Crippen molar-refractivity contribution < 1.29 is 9.32 Å². The lowest BCUT2D eigenvalue weighted by atomic mass is 10.1. The van der Waals surface area contributed by atoms with Gasteiger partial charge in [0.25, 0.3) is 0 Å². The van der Waals surface area contributed by atoms with Gasteiger partial charge in [-0.05, 0) is 63.1 Å². The van der Waals surface area contributed by atoms with Crippen LogP contribution in [-0.2, 0) is 6.42 Å². The monoisotopic (exact) mass is 498 g/mol. The molecule has 0 atom stereocenters. The van der Waals surface area contributed by atoms with Gasteiger partial charge in [-0.1, -0.05) is 36.0 Å². The van der Waals surface area contributed by atoms with Crippen molar-refractivity contribution in [2.75, 3.05) is 5.75 Å². The highest BCUT2D eigenvalue weighted by Gasteiger charge is 2.21. The number of nitrogens with zero attached hydrogens (tertiary/aromatic N) is 6. The van der Waals surface area contributed by atoms with Crippen molar-refractivity contribution in [1.29, 1.82) is 0 Å². The number of thioether (sulfide) groups is 1. The molecule has 8 nitrogen and oxygen atoms in total. The molecule has 0 saturated heterocycles. The molecule has 0 spiro atoms. The maximum absolute atomic E-state index is 13.3. The lowest BCUT2D eigenvalue weighted by molar-refractivity contribution is 0.102. The average Bonchev–Trinajstić information content (AvgIpc) is 3.60. The summed E-state index contributed by atoms with van der Waals surface area (Å²) in [7, 11) is 0. The number of hydrogen-bond donors (Lipinski definition) is 0. The van der Waals surface area contributed by atoms with Crippen LogP contribution >= 0.6 is 11.8 Å². The third kappa shape index (κ3) is 4.49. The van der Waals surface area contributed by atoms with Gasteiger partial charge in [-0.3, -0.25) is 18.9 Å². The number of Topliss-reactive ketones (excluding diaryl/α,β-unsaturated/α-hetero) is 1. The molecule has 0 aliphatic rings. The van der Waals surface area contributed by atoms with Gasteiger partial charge in [-0.15, -0.1) is 10.2 Å². The number of ketones is 1. The van der Waals surface area contributed by atoms with Crippen LogP contribution < -0.4 is 0 Å². The Labute approximate surface area is 213 Å². The molecule has 0 amide bonds. The molecular weight excluding hydrogens is 472 g/mol. The van der Waals surface area contributed by atoms with E-state index in [2.05, 4.69) is 51.5 Å². The van der Waals surface area contributed by atoms with E-state index < -0.39 is 0 Å². The summed E-state index contributed by atoms with van der Waals surface area (Å²) >= 11 is 1.37. The lowest BCUT2D eigenvalue weighted by Crippen LogP contribution is -2.07. The first kappa shape index (κ1) is 23.7. The minimum atomic E-state index is 0.0147. The molecule has 182 valence electrons. The molecule has 0 bridgehead atoms. The fourth-order valence-corrected chi connectivity index (χ4v) is 5.06. The molecule has 36 heavy (non-hydrogen) atoms. The number of aromatic nitrogens is 6. The highest BCUT2D eigenvalue weighted by molar-refractivity contribution is 7.99. The Kier molecular flexibility index (Phi) is 6.56. The van der Waals surface area contributed by atoms with E-state index in [-0.39, 0.29) is 11.5 Å². The van der Waals surface area contributed by atoms with E-state index >= 15 is 0 Å². The molecule has 5 aromatic rings. The number of pyridine rings is 1. The summed E-state index contributed by atoms with van der Waals surface area (Å²) in [4.78, 5) is 17.4. The van der Waals surface area contributed by atoms with Gasteiger partial charge in [-0.25, -0.2) is 0 Å². The zero-order valence-corrected chi connectivity index (χ0v) is 21.4. The van der Waals surface area contributed by atoms with Crippen LogP contribution in [0.1, 0.15) is 40.0 Å². The quantitative estimate of drug-likeness (QED) is 0.204. The Bertz CT molecular complexity index is 1520. The van der Waals surface area contributed by atoms with Crippen molar-refractivity contribution in [1.82, 2.24) is 29.5 Å². The molecule has 9 heteroatoms.